The van der Waals surface area contributed by atoms with E-state index in [2.05, 4.69) is 12.2 Å². The van der Waals surface area contributed by atoms with Crippen molar-refractivity contribution in [2.45, 2.75) is 52.2 Å². The molecule has 19 heavy (non-hydrogen) atoms. The number of rotatable bonds is 6. The van der Waals surface area contributed by atoms with E-state index in [0.717, 1.165) is 39.1 Å². The number of hydrogen-bond acceptors (Lipinski definition) is 4. The monoisotopic (exact) mass is 272 g/mol. The van der Waals surface area contributed by atoms with Crippen molar-refractivity contribution in [1.82, 2.24) is 10.2 Å². The Hall–Kier alpha value is -0.810. The molecule has 5 heteroatoms. The number of nitrogens with one attached hydrogen (secondary N) is 1. The zero-order valence-electron chi connectivity index (χ0n) is 12.7. The molecule has 112 valence electrons. The van der Waals surface area contributed by atoms with Crippen molar-refractivity contribution in [1.29, 1.82) is 0 Å². The molecule has 0 aliphatic carbocycles. The zero-order chi connectivity index (χ0) is 14.3. The number of carbonyl (C=O) groups excluding carboxylic acids is 1. The summed E-state index contributed by atoms with van der Waals surface area (Å²) in [5.41, 5.74) is -0.435. The van der Waals surface area contributed by atoms with Crippen LogP contribution in [0.2, 0.25) is 0 Å². The molecule has 1 heterocycles. The van der Waals surface area contributed by atoms with E-state index in [0.29, 0.717) is 12.6 Å². The highest BCUT2D eigenvalue weighted by Crippen LogP contribution is 2.10. The van der Waals surface area contributed by atoms with Crippen molar-refractivity contribution in [3.8, 4) is 0 Å². The van der Waals surface area contributed by atoms with Crippen LogP contribution in [0.3, 0.4) is 0 Å². The molecule has 1 unspecified atom stereocenters. The van der Waals surface area contributed by atoms with Crippen LogP contribution in [0.15, 0.2) is 0 Å². The van der Waals surface area contributed by atoms with E-state index in [1.54, 1.807) is 4.90 Å². The van der Waals surface area contributed by atoms with Gasteiger partial charge >= 0.3 is 6.09 Å². The SMILES string of the molecule is CCCN(CCNC1CCOC1)C(=O)OC(C)(C)C. The fourth-order valence-corrected chi connectivity index (χ4v) is 1.99. The standard InChI is InChI=1S/C14H28N2O3/c1-5-8-16(13(17)19-14(2,3)4)9-7-15-12-6-10-18-11-12/h12,15H,5-11H2,1-4H3. The molecule has 0 radical (unpaired) electrons. The zero-order valence-corrected chi connectivity index (χ0v) is 12.7. The highest BCUT2D eigenvalue weighted by atomic mass is 16.6. The first-order valence-corrected chi connectivity index (χ1v) is 7.21. The Morgan fingerprint density at radius 3 is 2.68 bits per heavy atom. The van der Waals surface area contributed by atoms with E-state index >= 15 is 0 Å². The summed E-state index contributed by atoms with van der Waals surface area (Å²) in [6.07, 6.45) is 1.77. The number of amides is 1. The van der Waals surface area contributed by atoms with Crippen molar-refractivity contribution in [2.24, 2.45) is 0 Å². The molecule has 0 aromatic carbocycles. The summed E-state index contributed by atoms with van der Waals surface area (Å²) in [5, 5.41) is 3.41. The van der Waals surface area contributed by atoms with Gasteiger partial charge in [0, 0.05) is 32.3 Å². The van der Waals surface area contributed by atoms with Crippen LogP contribution in [0.5, 0.6) is 0 Å². The molecule has 0 bridgehead atoms. The molecule has 1 saturated heterocycles. The highest BCUT2D eigenvalue weighted by molar-refractivity contribution is 5.68. The molecule has 1 fully saturated rings. The first-order chi connectivity index (χ1) is 8.92. The summed E-state index contributed by atoms with van der Waals surface area (Å²) in [6.45, 7) is 11.6. The second kappa shape index (κ2) is 7.70. The van der Waals surface area contributed by atoms with Crippen LogP contribution in [-0.2, 0) is 9.47 Å². The summed E-state index contributed by atoms with van der Waals surface area (Å²) in [5.74, 6) is 0. The second-order valence-electron chi connectivity index (χ2n) is 5.98. The van der Waals surface area contributed by atoms with Gasteiger partial charge < -0.3 is 19.7 Å². The van der Waals surface area contributed by atoms with Gasteiger partial charge in [0.2, 0.25) is 0 Å². The summed E-state index contributed by atoms with van der Waals surface area (Å²) >= 11 is 0. The highest BCUT2D eigenvalue weighted by Gasteiger charge is 2.22. The average Bonchev–Trinajstić information content (AvgIpc) is 2.78. The van der Waals surface area contributed by atoms with Crippen molar-refractivity contribution >= 4 is 6.09 Å². The normalized spacial score (nSPS) is 19.5. The topological polar surface area (TPSA) is 50.8 Å². The fraction of sp³-hybridized carbons (Fsp3) is 0.929. The van der Waals surface area contributed by atoms with Crippen molar-refractivity contribution < 1.29 is 14.3 Å². The van der Waals surface area contributed by atoms with Crippen LogP contribution in [-0.4, -0.2) is 55.5 Å². The molecule has 0 aromatic heterocycles. The molecular weight excluding hydrogens is 244 g/mol. The molecule has 1 N–H and O–H groups in total. The second-order valence-corrected chi connectivity index (χ2v) is 5.98. The van der Waals surface area contributed by atoms with Gasteiger partial charge in [-0.2, -0.15) is 0 Å². The lowest BCUT2D eigenvalue weighted by molar-refractivity contribution is 0.0250. The molecule has 1 aliphatic rings. The molecule has 1 rings (SSSR count). The Bertz CT molecular complexity index is 270. The Morgan fingerprint density at radius 2 is 2.16 bits per heavy atom. The van der Waals surface area contributed by atoms with Gasteiger partial charge in [0.1, 0.15) is 5.60 Å². The van der Waals surface area contributed by atoms with Crippen molar-refractivity contribution in [3.05, 3.63) is 0 Å². The van der Waals surface area contributed by atoms with Crippen LogP contribution in [0.1, 0.15) is 40.5 Å². The van der Waals surface area contributed by atoms with E-state index < -0.39 is 5.60 Å². The first kappa shape index (κ1) is 16.2. The van der Waals surface area contributed by atoms with Gasteiger partial charge in [-0.25, -0.2) is 4.79 Å². The molecule has 0 spiro atoms. The number of nitrogens with zero attached hydrogens (tertiary/aromatic N) is 1. The summed E-state index contributed by atoms with van der Waals surface area (Å²) in [4.78, 5) is 13.8. The van der Waals surface area contributed by atoms with Crippen LogP contribution < -0.4 is 5.32 Å². The first-order valence-electron chi connectivity index (χ1n) is 7.21. The van der Waals surface area contributed by atoms with E-state index in [9.17, 15) is 4.79 Å². The minimum atomic E-state index is -0.435. The van der Waals surface area contributed by atoms with Crippen LogP contribution in [0.25, 0.3) is 0 Å². The lowest BCUT2D eigenvalue weighted by Gasteiger charge is -2.27. The van der Waals surface area contributed by atoms with Crippen molar-refractivity contribution in [2.75, 3.05) is 32.8 Å². The van der Waals surface area contributed by atoms with Gasteiger partial charge in [-0.15, -0.1) is 0 Å². The predicted molar refractivity (Wildman–Crippen MR) is 75.3 cm³/mol. The van der Waals surface area contributed by atoms with E-state index in [1.165, 1.54) is 0 Å². The molecule has 5 nitrogen and oxygen atoms in total. The third-order valence-corrected chi connectivity index (χ3v) is 2.89. The van der Waals surface area contributed by atoms with Gasteiger partial charge in [0.15, 0.2) is 0 Å². The third kappa shape index (κ3) is 6.78. The Labute approximate surface area is 116 Å². The Kier molecular flexibility index (Phi) is 6.58. The molecule has 1 aliphatic heterocycles. The minimum absolute atomic E-state index is 0.223. The maximum Gasteiger partial charge on any atom is 0.410 e. The lowest BCUT2D eigenvalue weighted by atomic mass is 10.2. The van der Waals surface area contributed by atoms with E-state index in [4.69, 9.17) is 9.47 Å². The quantitative estimate of drug-likeness (QED) is 0.803. The lowest BCUT2D eigenvalue weighted by Crippen LogP contribution is -2.42. The van der Waals surface area contributed by atoms with E-state index in [1.807, 2.05) is 20.8 Å². The number of ether oxygens (including phenoxy) is 2. The van der Waals surface area contributed by atoms with Crippen LogP contribution >= 0.6 is 0 Å². The Morgan fingerprint density at radius 1 is 1.42 bits per heavy atom. The average molecular weight is 272 g/mol. The van der Waals surface area contributed by atoms with Gasteiger partial charge in [0.25, 0.3) is 0 Å². The van der Waals surface area contributed by atoms with Gasteiger partial charge in [0.05, 0.1) is 6.61 Å². The molecular formula is C14H28N2O3. The Balaban J connectivity index is 2.32. The van der Waals surface area contributed by atoms with Crippen LogP contribution in [0, 0.1) is 0 Å². The minimum Gasteiger partial charge on any atom is -0.444 e. The van der Waals surface area contributed by atoms with Gasteiger partial charge in [-0.3, -0.25) is 0 Å². The number of carbonyl (C=O) groups is 1. The van der Waals surface area contributed by atoms with Crippen molar-refractivity contribution in [3.63, 3.8) is 0 Å². The fourth-order valence-electron chi connectivity index (χ4n) is 1.99. The molecule has 1 amide bonds. The molecule has 0 saturated carbocycles. The summed E-state index contributed by atoms with van der Waals surface area (Å²) in [7, 11) is 0. The van der Waals surface area contributed by atoms with Crippen LogP contribution in [0.4, 0.5) is 4.79 Å². The molecule has 1 atom stereocenters. The van der Waals surface area contributed by atoms with E-state index in [-0.39, 0.29) is 6.09 Å². The van der Waals surface area contributed by atoms with Gasteiger partial charge in [-0.05, 0) is 33.6 Å². The third-order valence-electron chi connectivity index (χ3n) is 2.89. The largest absolute Gasteiger partial charge is 0.444 e. The molecule has 0 aromatic rings. The van der Waals surface area contributed by atoms with Gasteiger partial charge in [-0.1, -0.05) is 6.92 Å². The maximum absolute atomic E-state index is 12.0. The predicted octanol–water partition coefficient (Wildman–Crippen LogP) is 2.01. The summed E-state index contributed by atoms with van der Waals surface area (Å²) < 4.78 is 10.7. The maximum atomic E-state index is 12.0. The summed E-state index contributed by atoms with van der Waals surface area (Å²) in [6, 6.07) is 0.433. The smallest absolute Gasteiger partial charge is 0.410 e. The number of hydrogen-bond donors (Lipinski definition) is 1.